The summed E-state index contributed by atoms with van der Waals surface area (Å²) in [6.45, 7) is 3.91. The van der Waals surface area contributed by atoms with Crippen molar-refractivity contribution in [3.05, 3.63) is 39.9 Å². The number of nitro groups is 1. The zero-order chi connectivity index (χ0) is 13.3. The standard InChI is InChI=1S/C12H14N2O3S/c1-8(2)13-11(15)7-18-12(13)9-4-3-5-10(6-9)14(16)17/h3-6,8,12H,7H2,1-2H3. The monoisotopic (exact) mass is 266 g/mol. The number of thioether (sulfide) groups is 1. The van der Waals surface area contributed by atoms with Gasteiger partial charge in [-0.3, -0.25) is 14.9 Å². The fraction of sp³-hybridized carbons (Fsp3) is 0.417. The van der Waals surface area contributed by atoms with Crippen molar-refractivity contribution in [2.24, 2.45) is 0 Å². The summed E-state index contributed by atoms with van der Waals surface area (Å²) in [5, 5.41) is 10.7. The minimum atomic E-state index is -0.412. The number of non-ortho nitro benzene ring substituents is 1. The third-order valence-corrected chi connectivity index (χ3v) is 4.06. The number of amides is 1. The Kier molecular flexibility index (Phi) is 3.56. The lowest BCUT2D eigenvalue weighted by atomic mass is 10.1. The Morgan fingerprint density at radius 2 is 2.22 bits per heavy atom. The van der Waals surface area contributed by atoms with Crippen molar-refractivity contribution in [2.75, 3.05) is 5.75 Å². The van der Waals surface area contributed by atoms with E-state index in [0.717, 1.165) is 5.56 Å². The predicted molar refractivity (Wildman–Crippen MR) is 70.3 cm³/mol. The molecular formula is C12H14N2O3S. The highest BCUT2D eigenvalue weighted by molar-refractivity contribution is 8.00. The Bertz CT molecular complexity index is 490. The normalized spacial score (nSPS) is 19.6. The fourth-order valence-corrected chi connectivity index (χ4v) is 3.35. The van der Waals surface area contributed by atoms with Crippen molar-refractivity contribution < 1.29 is 9.72 Å². The molecule has 0 N–H and O–H groups in total. The Morgan fingerprint density at radius 3 is 2.83 bits per heavy atom. The number of hydrogen-bond acceptors (Lipinski definition) is 4. The number of benzene rings is 1. The molecule has 0 radical (unpaired) electrons. The van der Waals surface area contributed by atoms with Crippen LogP contribution in [0.5, 0.6) is 0 Å². The highest BCUT2D eigenvalue weighted by atomic mass is 32.2. The molecule has 5 nitrogen and oxygen atoms in total. The Labute approximate surface area is 109 Å². The van der Waals surface area contributed by atoms with E-state index in [-0.39, 0.29) is 23.0 Å². The molecule has 0 saturated carbocycles. The minimum Gasteiger partial charge on any atom is -0.323 e. The van der Waals surface area contributed by atoms with Crippen LogP contribution in [0, 0.1) is 10.1 Å². The number of carbonyl (C=O) groups is 1. The molecule has 1 aliphatic heterocycles. The summed E-state index contributed by atoms with van der Waals surface area (Å²) in [5.74, 6) is 0.525. The molecule has 0 spiro atoms. The van der Waals surface area contributed by atoms with Gasteiger partial charge in [0.2, 0.25) is 5.91 Å². The van der Waals surface area contributed by atoms with Gasteiger partial charge in [0.05, 0.1) is 10.7 Å². The molecule has 1 aromatic carbocycles. The molecule has 2 rings (SSSR count). The molecule has 0 bridgehead atoms. The van der Waals surface area contributed by atoms with E-state index in [9.17, 15) is 14.9 Å². The molecule has 1 fully saturated rings. The molecule has 1 unspecified atom stereocenters. The number of hydrogen-bond donors (Lipinski definition) is 0. The van der Waals surface area contributed by atoms with Gasteiger partial charge in [-0.1, -0.05) is 12.1 Å². The first-order chi connectivity index (χ1) is 8.50. The van der Waals surface area contributed by atoms with Crippen LogP contribution in [-0.2, 0) is 4.79 Å². The second-order valence-corrected chi connectivity index (χ2v) is 5.48. The Morgan fingerprint density at radius 1 is 1.50 bits per heavy atom. The average Bonchev–Trinajstić information content (AvgIpc) is 2.71. The summed E-state index contributed by atoms with van der Waals surface area (Å²) in [5.41, 5.74) is 0.880. The van der Waals surface area contributed by atoms with Crippen molar-refractivity contribution in [2.45, 2.75) is 25.3 Å². The van der Waals surface area contributed by atoms with Crippen LogP contribution in [0.25, 0.3) is 0 Å². The van der Waals surface area contributed by atoms with Crippen LogP contribution in [-0.4, -0.2) is 27.5 Å². The smallest absolute Gasteiger partial charge is 0.269 e. The number of rotatable bonds is 3. The van der Waals surface area contributed by atoms with E-state index in [1.54, 1.807) is 17.0 Å². The molecule has 1 aromatic rings. The fourth-order valence-electron chi connectivity index (χ4n) is 2.04. The molecule has 96 valence electrons. The first-order valence-corrected chi connectivity index (χ1v) is 6.72. The quantitative estimate of drug-likeness (QED) is 0.623. The topological polar surface area (TPSA) is 63.5 Å². The first kappa shape index (κ1) is 12.9. The second kappa shape index (κ2) is 4.97. The summed E-state index contributed by atoms with van der Waals surface area (Å²) in [4.78, 5) is 23.9. The predicted octanol–water partition coefficient (Wildman–Crippen LogP) is 2.58. The van der Waals surface area contributed by atoms with Gasteiger partial charge in [0, 0.05) is 18.2 Å². The molecular weight excluding hydrogens is 252 g/mol. The Balaban J connectivity index is 2.33. The summed E-state index contributed by atoms with van der Waals surface area (Å²) in [7, 11) is 0. The summed E-state index contributed by atoms with van der Waals surface area (Å²) >= 11 is 1.51. The van der Waals surface area contributed by atoms with Crippen molar-refractivity contribution in [3.63, 3.8) is 0 Å². The van der Waals surface area contributed by atoms with E-state index in [2.05, 4.69) is 0 Å². The molecule has 18 heavy (non-hydrogen) atoms. The van der Waals surface area contributed by atoms with E-state index in [0.29, 0.717) is 5.75 Å². The van der Waals surface area contributed by atoms with Gasteiger partial charge in [0.15, 0.2) is 0 Å². The van der Waals surface area contributed by atoms with Gasteiger partial charge in [0.1, 0.15) is 5.37 Å². The lowest BCUT2D eigenvalue weighted by Crippen LogP contribution is -2.34. The van der Waals surface area contributed by atoms with E-state index < -0.39 is 4.92 Å². The molecule has 0 aliphatic carbocycles. The molecule has 1 atom stereocenters. The lowest BCUT2D eigenvalue weighted by molar-refractivity contribution is -0.384. The maximum absolute atomic E-state index is 11.8. The summed E-state index contributed by atoms with van der Waals surface area (Å²) < 4.78 is 0. The SMILES string of the molecule is CC(C)N1C(=O)CSC1c1cccc([N+](=O)[O-])c1. The van der Waals surface area contributed by atoms with Crippen LogP contribution in [0.3, 0.4) is 0 Å². The van der Waals surface area contributed by atoms with Gasteiger partial charge < -0.3 is 4.90 Å². The maximum Gasteiger partial charge on any atom is 0.269 e. The van der Waals surface area contributed by atoms with E-state index >= 15 is 0 Å². The summed E-state index contributed by atoms with van der Waals surface area (Å²) in [6.07, 6.45) is 0. The summed E-state index contributed by atoms with van der Waals surface area (Å²) in [6, 6.07) is 6.60. The van der Waals surface area contributed by atoms with Gasteiger partial charge in [-0.05, 0) is 19.4 Å². The van der Waals surface area contributed by atoms with Crippen LogP contribution in [0.2, 0.25) is 0 Å². The van der Waals surface area contributed by atoms with Crippen molar-refractivity contribution in [3.8, 4) is 0 Å². The van der Waals surface area contributed by atoms with Crippen molar-refractivity contribution in [1.82, 2.24) is 4.90 Å². The lowest BCUT2D eigenvalue weighted by Gasteiger charge is -2.27. The third-order valence-electron chi connectivity index (χ3n) is 2.83. The zero-order valence-corrected chi connectivity index (χ0v) is 11.0. The van der Waals surface area contributed by atoms with Gasteiger partial charge >= 0.3 is 0 Å². The molecule has 1 heterocycles. The average molecular weight is 266 g/mol. The van der Waals surface area contributed by atoms with Crippen LogP contribution in [0.4, 0.5) is 5.69 Å². The largest absolute Gasteiger partial charge is 0.323 e. The van der Waals surface area contributed by atoms with E-state index in [4.69, 9.17) is 0 Å². The minimum absolute atomic E-state index is 0.0659. The van der Waals surface area contributed by atoms with E-state index in [1.807, 2.05) is 19.9 Å². The van der Waals surface area contributed by atoms with Crippen molar-refractivity contribution >= 4 is 23.4 Å². The van der Waals surface area contributed by atoms with Crippen LogP contribution >= 0.6 is 11.8 Å². The molecule has 6 heteroatoms. The molecule has 1 aliphatic rings. The van der Waals surface area contributed by atoms with Gasteiger partial charge in [0.25, 0.3) is 5.69 Å². The van der Waals surface area contributed by atoms with Gasteiger partial charge in [-0.25, -0.2) is 0 Å². The zero-order valence-electron chi connectivity index (χ0n) is 10.2. The van der Waals surface area contributed by atoms with Crippen LogP contribution in [0.1, 0.15) is 24.8 Å². The van der Waals surface area contributed by atoms with E-state index in [1.165, 1.54) is 17.8 Å². The second-order valence-electron chi connectivity index (χ2n) is 4.41. The number of nitrogens with zero attached hydrogens (tertiary/aromatic N) is 2. The highest BCUT2D eigenvalue weighted by Gasteiger charge is 2.34. The third kappa shape index (κ3) is 2.33. The van der Waals surface area contributed by atoms with Gasteiger partial charge in [-0.2, -0.15) is 0 Å². The molecule has 1 amide bonds. The van der Waals surface area contributed by atoms with Gasteiger partial charge in [-0.15, -0.1) is 11.8 Å². The Hall–Kier alpha value is -1.56. The number of nitro benzene ring substituents is 1. The van der Waals surface area contributed by atoms with Crippen LogP contribution < -0.4 is 0 Å². The van der Waals surface area contributed by atoms with Crippen LogP contribution in [0.15, 0.2) is 24.3 Å². The molecule has 0 aromatic heterocycles. The maximum atomic E-state index is 11.8. The van der Waals surface area contributed by atoms with Crippen molar-refractivity contribution in [1.29, 1.82) is 0 Å². The molecule has 1 saturated heterocycles. The first-order valence-electron chi connectivity index (χ1n) is 5.68. The highest BCUT2D eigenvalue weighted by Crippen LogP contribution is 2.40. The number of carbonyl (C=O) groups excluding carboxylic acids is 1.